The molecule has 1 aliphatic heterocycles. The van der Waals surface area contributed by atoms with Crippen molar-refractivity contribution in [3.05, 3.63) is 162 Å². The number of fused-ring (bicyclic) bond motifs is 8. The van der Waals surface area contributed by atoms with E-state index in [9.17, 15) is 0 Å². The molecule has 1 N–H and O–H groups in total. The number of benzene rings is 6. The van der Waals surface area contributed by atoms with Crippen LogP contribution in [0.4, 0.5) is 0 Å². The fourth-order valence-corrected chi connectivity index (χ4v) is 8.08. The van der Waals surface area contributed by atoms with E-state index in [0.29, 0.717) is 5.84 Å². The molecule has 0 spiro atoms. The molecule has 1 atom stereocenters. The van der Waals surface area contributed by atoms with Gasteiger partial charge < -0.3 is 9.73 Å². The highest BCUT2D eigenvalue weighted by Gasteiger charge is 2.25. The standard InChI is InChI=1S/C42H26N4OS/c1-3-12-25(13-4-1)37-36-32-24-27(22-23-35(32)48-39(36)30-17-7-9-20-33(30)43-37)41-44-40(26-14-5-2-6-15-26)45-42(46-41)31-19-11-18-29-28-16-8-10-21-34(28)47-38(29)31/h1-24,40H,(H,44,45,46). The molecular formula is C42H26N4OS. The van der Waals surface area contributed by atoms with E-state index in [0.717, 1.165) is 77.4 Å². The van der Waals surface area contributed by atoms with E-state index in [4.69, 9.17) is 19.4 Å². The molecular weight excluding hydrogens is 609 g/mol. The van der Waals surface area contributed by atoms with Crippen LogP contribution in [-0.2, 0) is 0 Å². The first-order valence-corrected chi connectivity index (χ1v) is 16.8. The minimum Gasteiger partial charge on any atom is -0.455 e. The summed E-state index contributed by atoms with van der Waals surface area (Å²) in [7, 11) is 0. The van der Waals surface area contributed by atoms with E-state index in [1.165, 1.54) is 9.40 Å². The van der Waals surface area contributed by atoms with Gasteiger partial charge >= 0.3 is 0 Å². The second-order valence-electron chi connectivity index (χ2n) is 12.0. The molecule has 1 aliphatic rings. The predicted octanol–water partition coefficient (Wildman–Crippen LogP) is 10.7. The number of aliphatic imine (C=N–C) groups is 2. The molecule has 6 aromatic carbocycles. The zero-order chi connectivity index (χ0) is 31.6. The number of amidine groups is 2. The van der Waals surface area contributed by atoms with E-state index in [1.807, 2.05) is 53.8 Å². The molecule has 226 valence electrons. The third kappa shape index (κ3) is 4.27. The van der Waals surface area contributed by atoms with Gasteiger partial charge in [0.2, 0.25) is 0 Å². The molecule has 4 heterocycles. The zero-order valence-corrected chi connectivity index (χ0v) is 26.4. The van der Waals surface area contributed by atoms with Crippen LogP contribution in [0.3, 0.4) is 0 Å². The van der Waals surface area contributed by atoms with Gasteiger partial charge in [0.15, 0.2) is 5.84 Å². The predicted molar refractivity (Wildman–Crippen MR) is 199 cm³/mol. The highest BCUT2D eigenvalue weighted by molar-refractivity contribution is 7.26. The SMILES string of the molecule is c1ccc(-c2nc3ccccc3c3sc4ccc(C5=NC(c6ccccc6)NC(c6cccc7c6oc6ccccc67)=N5)cc4c23)cc1. The number of aromatic nitrogens is 1. The Kier molecular flexibility index (Phi) is 6.04. The summed E-state index contributed by atoms with van der Waals surface area (Å²) in [6, 6.07) is 50.2. The number of nitrogens with zero attached hydrogens (tertiary/aromatic N) is 3. The van der Waals surface area contributed by atoms with Crippen LogP contribution in [0.1, 0.15) is 22.9 Å². The number of hydrogen-bond acceptors (Lipinski definition) is 6. The van der Waals surface area contributed by atoms with Crippen LogP contribution in [0, 0.1) is 0 Å². The van der Waals surface area contributed by atoms with Crippen LogP contribution in [0.15, 0.2) is 160 Å². The molecule has 0 fully saturated rings. The number of pyridine rings is 1. The molecule has 9 aromatic rings. The van der Waals surface area contributed by atoms with Gasteiger partial charge in [-0.3, -0.25) is 0 Å². The molecule has 0 radical (unpaired) electrons. The molecule has 1 unspecified atom stereocenters. The second-order valence-corrected chi connectivity index (χ2v) is 13.1. The first-order valence-electron chi connectivity index (χ1n) is 16.0. The maximum atomic E-state index is 6.44. The summed E-state index contributed by atoms with van der Waals surface area (Å²) >= 11 is 1.81. The average molecular weight is 635 g/mol. The number of furan rings is 1. The molecule has 0 saturated heterocycles. The minimum atomic E-state index is -0.325. The van der Waals surface area contributed by atoms with E-state index in [2.05, 4.69) is 108 Å². The van der Waals surface area contributed by atoms with Crippen molar-refractivity contribution in [2.45, 2.75) is 6.17 Å². The Labute approximate surface area is 279 Å². The summed E-state index contributed by atoms with van der Waals surface area (Å²) in [6.45, 7) is 0. The number of thiophene rings is 1. The number of nitrogens with one attached hydrogen (secondary N) is 1. The molecule has 6 heteroatoms. The van der Waals surface area contributed by atoms with Crippen molar-refractivity contribution in [1.82, 2.24) is 10.3 Å². The van der Waals surface area contributed by atoms with Crippen molar-refractivity contribution < 1.29 is 4.42 Å². The molecule has 10 rings (SSSR count). The number of para-hydroxylation sites is 3. The smallest absolute Gasteiger partial charge is 0.159 e. The first kappa shape index (κ1) is 27.0. The highest BCUT2D eigenvalue weighted by atomic mass is 32.1. The van der Waals surface area contributed by atoms with Crippen LogP contribution >= 0.6 is 11.3 Å². The Morgan fingerprint density at radius 1 is 0.625 bits per heavy atom. The van der Waals surface area contributed by atoms with Crippen LogP contribution < -0.4 is 5.32 Å². The monoisotopic (exact) mass is 634 g/mol. The first-order chi connectivity index (χ1) is 23.8. The molecule has 3 aromatic heterocycles. The quantitative estimate of drug-likeness (QED) is 0.210. The highest BCUT2D eigenvalue weighted by Crippen LogP contribution is 2.43. The number of rotatable bonds is 4. The van der Waals surface area contributed by atoms with Crippen molar-refractivity contribution >= 4 is 76.0 Å². The average Bonchev–Trinajstić information content (AvgIpc) is 3.74. The van der Waals surface area contributed by atoms with Gasteiger partial charge in [-0.15, -0.1) is 11.3 Å². The number of hydrogen-bond donors (Lipinski definition) is 1. The van der Waals surface area contributed by atoms with Crippen molar-refractivity contribution in [3.63, 3.8) is 0 Å². The van der Waals surface area contributed by atoms with Gasteiger partial charge in [0, 0.05) is 47.5 Å². The van der Waals surface area contributed by atoms with Crippen molar-refractivity contribution in [3.8, 4) is 11.3 Å². The lowest BCUT2D eigenvalue weighted by molar-refractivity contribution is 0.659. The van der Waals surface area contributed by atoms with E-state index < -0.39 is 0 Å². The maximum absolute atomic E-state index is 6.44. The Morgan fingerprint density at radius 2 is 1.38 bits per heavy atom. The van der Waals surface area contributed by atoms with Crippen molar-refractivity contribution in [2.24, 2.45) is 9.98 Å². The Morgan fingerprint density at radius 3 is 2.25 bits per heavy atom. The molecule has 0 aliphatic carbocycles. The summed E-state index contributed by atoms with van der Waals surface area (Å²) in [5, 5.41) is 9.25. The van der Waals surface area contributed by atoms with E-state index in [-0.39, 0.29) is 6.17 Å². The summed E-state index contributed by atoms with van der Waals surface area (Å²) < 4.78 is 8.88. The zero-order valence-electron chi connectivity index (χ0n) is 25.6. The third-order valence-corrected chi connectivity index (χ3v) is 10.3. The van der Waals surface area contributed by atoms with Gasteiger partial charge in [0.25, 0.3) is 0 Å². The molecule has 5 nitrogen and oxygen atoms in total. The fourth-order valence-electron chi connectivity index (χ4n) is 6.86. The summed E-state index contributed by atoms with van der Waals surface area (Å²) in [4.78, 5) is 15.6. The topological polar surface area (TPSA) is 62.8 Å². The Bertz CT molecular complexity index is 2760. The summed E-state index contributed by atoms with van der Waals surface area (Å²) in [5.74, 6) is 1.40. The second kappa shape index (κ2) is 10.7. The third-order valence-electron chi connectivity index (χ3n) is 9.13. The largest absolute Gasteiger partial charge is 0.455 e. The van der Waals surface area contributed by atoms with Gasteiger partial charge in [-0.05, 0) is 42.0 Å². The Hall–Kier alpha value is -6.11. The van der Waals surface area contributed by atoms with Crippen molar-refractivity contribution in [2.75, 3.05) is 0 Å². The van der Waals surface area contributed by atoms with Crippen LogP contribution in [0.2, 0.25) is 0 Å². The van der Waals surface area contributed by atoms with Gasteiger partial charge in [-0.1, -0.05) is 109 Å². The van der Waals surface area contributed by atoms with Crippen molar-refractivity contribution in [1.29, 1.82) is 0 Å². The van der Waals surface area contributed by atoms with Gasteiger partial charge in [-0.2, -0.15) is 0 Å². The molecule has 0 amide bonds. The lowest BCUT2D eigenvalue weighted by Crippen LogP contribution is -2.33. The Balaban J connectivity index is 1.20. The summed E-state index contributed by atoms with van der Waals surface area (Å²) in [6.07, 6.45) is -0.325. The minimum absolute atomic E-state index is 0.325. The lowest BCUT2D eigenvalue weighted by Gasteiger charge is -2.23. The van der Waals surface area contributed by atoms with Crippen LogP contribution in [0.25, 0.3) is 64.3 Å². The lowest BCUT2D eigenvalue weighted by atomic mass is 10.0. The van der Waals surface area contributed by atoms with Gasteiger partial charge in [0.1, 0.15) is 23.2 Å². The normalized spacial score (nSPS) is 14.9. The van der Waals surface area contributed by atoms with Crippen LogP contribution in [-0.4, -0.2) is 16.7 Å². The van der Waals surface area contributed by atoms with Crippen LogP contribution in [0.5, 0.6) is 0 Å². The molecule has 48 heavy (non-hydrogen) atoms. The molecule has 0 saturated carbocycles. The van der Waals surface area contributed by atoms with E-state index in [1.54, 1.807) is 0 Å². The van der Waals surface area contributed by atoms with E-state index >= 15 is 0 Å². The fraction of sp³-hybridized carbons (Fsp3) is 0.0238. The maximum Gasteiger partial charge on any atom is 0.159 e. The summed E-state index contributed by atoms with van der Waals surface area (Å²) in [5.41, 5.74) is 7.66. The molecule has 0 bridgehead atoms. The van der Waals surface area contributed by atoms with Gasteiger partial charge in [-0.25, -0.2) is 15.0 Å². The van der Waals surface area contributed by atoms with Gasteiger partial charge in [0.05, 0.1) is 16.8 Å².